The number of hydrogen-bond donors (Lipinski definition) is 0. The molecular formula is C24H23N5O. The fourth-order valence-electron chi connectivity index (χ4n) is 3.87. The van der Waals surface area contributed by atoms with Gasteiger partial charge in [0.15, 0.2) is 0 Å². The highest BCUT2D eigenvalue weighted by Gasteiger charge is 2.21. The Morgan fingerprint density at radius 3 is 2.57 bits per heavy atom. The molecule has 0 N–H and O–H groups in total. The Hall–Kier alpha value is -3.67. The summed E-state index contributed by atoms with van der Waals surface area (Å²) in [5, 5.41) is 9.96. The molecule has 2 aliphatic rings. The molecule has 6 heteroatoms. The van der Waals surface area contributed by atoms with Crippen molar-refractivity contribution in [2.75, 3.05) is 0 Å². The van der Waals surface area contributed by atoms with Gasteiger partial charge >= 0.3 is 0 Å². The average molecular weight is 397 g/mol. The normalized spacial score (nSPS) is 12.6. The molecule has 3 heterocycles. The first kappa shape index (κ1) is 18.4. The molecule has 2 aromatic carbocycles. The minimum atomic E-state index is -0.0205. The fraction of sp³-hybridized carbons (Fsp3) is 0.208. The van der Waals surface area contributed by atoms with Crippen LogP contribution < -0.4 is 5.56 Å². The first-order valence-electron chi connectivity index (χ1n) is 10.2. The Balaban J connectivity index is 1.61. The topological polar surface area (TPSA) is 57.6 Å². The van der Waals surface area contributed by atoms with Gasteiger partial charge in [0.1, 0.15) is 5.69 Å². The zero-order valence-corrected chi connectivity index (χ0v) is 17.1. The van der Waals surface area contributed by atoms with Crippen molar-refractivity contribution < 1.29 is 0 Å². The van der Waals surface area contributed by atoms with Gasteiger partial charge in [-0.15, -0.1) is 0 Å². The molecule has 0 fully saturated rings. The number of nitrogens with zero attached hydrogens (tertiary/aromatic N) is 5. The lowest BCUT2D eigenvalue weighted by Gasteiger charge is -2.14. The molecule has 1 unspecified atom stereocenters. The van der Waals surface area contributed by atoms with E-state index in [1.165, 1.54) is 0 Å². The van der Waals surface area contributed by atoms with Crippen molar-refractivity contribution in [1.82, 2.24) is 24.1 Å². The third kappa shape index (κ3) is 3.01. The maximum absolute atomic E-state index is 13.0. The lowest BCUT2D eigenvalue weighted by atomic mass is 10.1. The maximum atomic E-state index is 13.0. The summed E-state index contributed by atoms with van der Waals surface area (Å²) in [4.78, 5) is 13.0. The number of rotatable bonds is 5. The Morgan fingerprint density at radius 2 is 1.83 bits per heavy atom. The Morgan fingerprint density at radius 1 is 1.03 bits per heavy atom. The van der Waals surface area contributed by atoms with Gasteiger partial charge in [-0.2, -0.15) is 10.2 Å². The van der Waals surface area contributed by atoms with E-state index in [1.807, 2.05) is 48.3 Å². The number of para-hydroxylation sites is 1. The second kappa shape index (κ2) is 7.30. The SMILES string of the molecule is CCC(C)n1nc2c3ccccc3n(Cc3ccc(-n4cccn4)cc3)cc-2c1=O. The van der Waals surface area contributed by atoms with Gasteiger partial charge in [0.2, 0.25) is 0 Å². The third-order valence-corrected chi connectivity index (χ3v) is 5.72. The van der Waals surface area contributed by atoms with Crippen LogP contribution in [-0.4, -0.2) is 24.1 Å². The summed E-state index contributed by atoms with van der Waals surface area (Å²) in [5.41, 5.74) is 4.67. The van der Waals surface area contributed by atoms with E-state index in [0.717, 1.165) is 34.3 Å². The molecule has 1 atom stereocenters. The molecule has 0 radical (unpaired) electrons. The largest absolute Gasteiger partial charge is 0.342 e. The van der Waals surface area contributed by atoms with Gasteiger partial charge in [0, 0.05) is 30.5 Å². The zero-order chi connectivity index (χ0) is 20.7. The lowest BCUT2D eigenvalue weighted by molar-refractivity contribution is 0.468. The van der Waals surface area contributed by atoms with Crippen molar-refractivity contribution in [2.45, 2.75) is 32.9 Å². The average Bonchev–Trinajstić information content (AvgIpc) is 3.43. The molecule has 0 saturated carbocycles. The summed E-state index contributed by atoms with van der Waals surface area (Å²) in [6.07, 6.45) is 6.51. The standard InChI is InChI=1S/C24H23N5O/c1-3-17(2)29-24(30)21-16-27(22-8-5-4-7-20(22)23(21)26-29)15-18-9-11-19(12-10-18)28-14-6-13-25-28/h4-14,16-17H,3,15H2,1-2H3. The van der Waals surface area contributed by atoms with Crippen molar-refractivity contribution in [3.05, 3.63) is 89.1 Å². The number of fused-ring (bicyclic) bond motifs is 3. The van der Waals surface area contributed by atoms with Gasteiger partial charge < -0.3 is 4.57 Å². The summed E-state index contributed by atoms with van der Waals surface area (Å²) >= 11 is 0. The van der Waals surface area contributed by atoms with Crippen LogP contribution in [0.25, 0.3) is 27.8 Å². The number of hydrogen-bond acceptors (Lipinski definition) is 3. The van der Waals surface area contributed by atoms with E-state index in [0.29, 0.717) is 12.1 Å². The van der Waals surface area contributed by atoms with Crippen molar-refractivity contribution in [2.24, 2.45) is 0 Å². The van der Waals surface area contributed by atoms with Crippen LogP contribution >= 0.6 is 0 Å². The van der Waals surface area contributed by atoms with E-state index in [2.05, 4.69) is 52.0 Å². The van der Waals surface area contributed by atoms with Gasteiger partial charge in [-0.3, -0.25) is 4.79 Å². The van der Waals surface area contributed by atoms with Crippen LogP contribution in [0.5, 0.6) is 0 Å². The van der Waals surface area contributed by atoms with Crippen LogP contribution in [0.3, 0.4) is 0 Å². The van der Waals surface area contributed by atoms with E-state index in [-0.39, 0.29) is 11.6 Å². The van der Waals surface area contributed by atoms with Gasteiger partial charge in [0.25, 0.3) is 5.56 Å². The third-order valence-electron chi connectivity index (χ3n) is 5.72. The quantitative estimate of drug-likeness (QED) is 0.438. The van der Waals surface area contributed by atoms with Crippen LogP contribution in [0.4, 0.5) is 0 Å². The van der Waals surface area contributed by atoms with E-state index >= 15 is 0 Å². The molecule has 1 aromatic heterocycles. The van der Waals surface area contributed by atoms with Crippen LogP contribution in [0, 0.1) is 0 Å². The summed E-state index contributed by atoms with van der Waals surface area (Å²) in [7, 11) is 0. The van der Waals surface area contributed by atoms with E-state index in [9.17, 15) is 4.79 Å². The Bertz CT molecular complexity index is 1330. The van der Waals surface area contributed by atoms with Crippen LogP contribution in [0.2, 0.25) is 0 Å². The maximum Gasteiger partial charge on any atom is 0.278 e. The van der Waals surface area contributed by atoms with Crippen molar-refractivity contribution in [1.29, 1.82) is 0 Å². The minimum absolute atomic E-state index is 0.0205. The highest BCUT2D eigenvalue weighted by atomic mass is 16.1. The summed E-state index contributed by atoms with van der Waals surface area (Å²) in [5.74, 6) is 0. The first-order chi connectivity index (χ1) is 14.7. The monoisotopic (exact) mass is 397 g/mol. The molecule has 5 rings (SSSR count). The second-order valence-corrected chi connectivity index (χ2v) is 7.66. The lowest BCUT2D eigenvalue weighted by Crippen LogP contribution is -2.20. The van der Waals surface area contributed by atoms with E-state index < -0.39 is 0 Å². The Labute approximate surface area is 174 Å². The van der Waals surface area contributed by atoms with Gasteiger partial charge in [-0.1, -0.05) is 37.3 Å². The van der Waals surface area contributed by atoms with Gasteiger partial charge in [0.05, 0.1) is 22.8 Å². The number of aromatic nitrogens is 5. The number of benzene rings is 2. The van der Waals surface area contributed by atoms with Crippen molar-refractivity contribution in [3.8, 4) is 16.9 Å². The number of pyridine rings is 1. The smallest absolute Gasteiger partial charge is 0.278 e. The molecule has 2 aliphatic heterocycles. The van der Waals surface area contributed by atoms with E-state index in [1.54, 1.807) is 10.9 Å². The fourth-order valence-corrected chi connectivity index (χ4v) is 3.87. The molecule has 0 saturated heterocycles. The summed E-state index contributed by atoms with van der Waals surface area (Å²) in [6, 6.07) is 18.5. The first-order valence-corrected chi connectivity index (χ1v) is 10.2. The highest BCUT2D eigenvalue weighted by Crippen LogP contribution is 2.28. The minimum Gasteiger partial charge on any atom is -0.342 e. The molecule has 3 aromatic rings. The van der Waals surface area contributed by atoms with Crippen LogP contribution in [0.15, 0.2) is 78.0 Å². The molecular weight excluding hydrogens is 374 g/mol. The molecule has 6 nitrogen and oxygen atoms in total. The summed E-state index contributed by atoms with van der Waals surface area (Å²) < 4.78 is 5.61. The second-order valence-electron chi connectivity index (χ2n) is 7.66. The molecule has 0 bridgehead atoms. The van der Waals surface area contributed by atoms with E-state index in [4.69, 9.17) is 0 Å². The van der Waals surface area contributed by atoms with Crippen molar-refractivity contribution in [3.63, 3.8) is 0 Å². The molecule has 0 aliphatic carbocycles. The zero-order valence-electron chi connectivity index (χ0n) is 17.1. The van der Waals surface area contributed by atoms with Gasteiger partial charge in [-0.05, 0) is 43.2 Å². The van der Waals surface area contributed by atoms with Crippen molar-refractivity contribution >= 4 is 10.9 Å². The molecule has 150 valence electrons. The Kier molecular flexibility index (Phi) is 4.47. The van der Waals surface area contributed by atoms with Crippen LogP contribution in [0.1, 0.15) is 31.9 Å². The molecule has 0 spiro atoms. The predicted octanol–water partition coefficient (Wildman–Crippen LogP) is 4.51. The molecule has 30 heavy (non-hydrogen) atoms. The molecule has 0 amide bonds. The highest BCUT2D eigenvalue weighted by molar-refractivity contribution is 5.93. The summed E-state index contributed by atoms with van der Waals surface area (Å²) in [6.45, 7) is 4.77. The predicted molar refractivity (Wildman–Crippen MR) is 118 cm³/mol. The van der Waals surface area contributed by atoms with Crippen LogP contribution in [-0.2, 0) is 6.54 Å². The van der Waals surface area contributed by atoms with Gasteiger partial charge in [-0.25, -0.2) is 9.36 Å².